The minimum Gasteiger partial charge on any atom is -0.309 e. The van der Waals surface area contributed by atoms with Crippen molar-refractivity contribution in [1.29, 1.82) is 0 Å². The zero-order chi connectivity index (χ0) is 41.0. The van der Waals surface area contributed by atoms with Gasteiger partial charge in [0.25, 0.3) is 0 Å². The van der Waals surface area contributed by atoms with Gasteiger partial charge in [-0.3, -0.25) is 0 Å². The molecule has 0 amide bonds. The molecule has 62 heavy (non-hydrogen) atoms. The first-order valence-electron chi connectivity index (χ1n) is 21.2. The van der Waals surface area contributed by atoms with Crippen LogP contribution in [0.25, 0.3) is 111 Å². The van der Waals surface area contributed by atoms with Gasteiger partial charge in [0, 0.05) is 44.0 Å². The maximum absolute atomic E-state index is 5.12. The molecule has 0 radical (unpaired) electrons. The van der Waals surface area contributed by atoms with E-state index < -0.39 is 0 Å². The normalized spacial score (nSPS) is 11.5. The van der Waals surface area contributed by atoms with Crippen LogP contribution in [0.3, 0.4) is 0 Å². The van der Waals surface area contributed by atoms with Crippen molar-refractivity contribution < 1.29 is 0 Å². The molecule has 0 saturated carbocycles. The highest BCUT2D eigenvalue weighted by Gasteiger charge is 2.17. The fraction of sp³-hybridized carbons (Fsp3) is 0. The lowest BCUT2D eigenvalue weighted by Gasteiger charge is -2.12. The van der Waals surface area contributed by atoms with Crippen LogP contribution >= 0.6 is 0 Å². The quantitative estimate of drug-likeness (QED) is 0.158. The summed E-state index contributed by atoms with van der Waals surface area (Å²) in [7, 11) is 0. The van der Waals surface area contributed by atoms with Crippen molar-refractivity contribution >= 4 is 43.6 Å². The zero-order valence-corrected chi connectivity index (χ0v) is 33.9. The van der Waals surface area contributed by atoms with Gasteiger partial charge < -0.3 is 9.13 Å². The van der Waals surface area contributed by atoms with Crippen LogP contribution in [0.15, 0.2) is 237 Å². The van der Waals surface area contributed by atoms with Crippen molar-refractivity contribution in [3.8, 4) is 67.3 Å². The summed E-state index contributed by atoms with van der Waals surface area (Å²) in [6, 6.07) is 85.2. The monoisotopic (exact) mass is 789 g/mol. The molecule has 3 nitrogen and oxygen atoms in total. The minimum atomic E-state index is 0.960. The van der Waals surface area contributed by atoms with Gasteiger partial charge in [0.05, 0.1) is 33.5 Å². The highest BCUT2D eigenvalue weighted by Crippen LogP contribution is 2.39. The molecule has 0 N–H and O–H groups in total. The van der Waals surface area contributed by atoms with Gasteiger partial charge in [-0.05, 0) is 106 Å². The summed E-state index contributed by atoms with van der Waals surface area (Å²) in [5, 5.41) is 4.97. The molecular formula is C59H39N3. The van der Waals surface area contributed by atoms with Crippen LogP contribution in [0.2, 0.25) is 0 Å². The van der Waals surface area contributed by atoms with E-state index in [-0.39, 0.29) is 0 Å². The molecule has 0 fully saturated rings. The smallest absolute Gasteiger partial charge is 0.0715 e. The van der Waals surface area contributed by atoms with E-state index in [4.69, 9.17) is 4.98 Å². The van der Waals surface area contributed by atoms with Gasteiger partial charge in [0.15, 0.2) is 0 Å². The molecule has 0 spiro atoms. The Kier molecular flexibility index (Phi) is 8.50. The molecule has 12 aromatic rings. The molecule has 290 valence electrons. The maximum Gasteiger partial charge on any atom is 0.0715 e. The average Bonchev–Trinajstić information content (AvgIpc) is 3.87. The first-order valence-corrected chi connectivity index (χ1v) is 21.2. The standard InChI is InChI=1S/C59H39N3/c1-4-16-40(17-5-1)54-37-47(38-55(60-54)41-18-6-2-7-19-41)43-21-14-20-42(34-43)45-31-33-58-53(36-45)51-27-11-13-29-57(51)62(58)49-25-15-22-44(35-49)46-30-32-52-50-26-10-12-28-56(50)61(59(52)39-46)48-23-8-3-9-24-48/h1-39H. The third kappa shape index (κ3) is 6.10. The Balaban J connectivity index is 0.953. The lowest BCUT2D eigenvalue weighted by atomic mass is 9.96. The SMILES string of the molecule is c1ccc(-c2cc(-c3cccc(-c4ccc5c(c4)c4ccccc4n5-c4cccc(-c5ccc6c7ccccc7n(-c7ccccc7)c6c5)c4)c3)cc(-c3ccccc3)n2)cc1. The van der Waals surface area contributed by atoms with Crippen LogP contribution in [0.1, 0.15) is 0 Å². The third-order valence-corrected chi connectivity index (χ3v) is 12.3. The van der Waals surface area contributed by atoms with Crippen LogP contribution in [0.5, 0.6) is 0 Å². The van der Waals surface area contributed by atoms with Gasteiger partial charge in [-0.15, -0.1) is 0 Å². The van der Waals surface area contributed by atoms with Gasteiger partial charge in [0.2, 0.25) is 0 Å². The van der Waals surface area contributed by atoms with E-state index in [1.54, 1.807) is 0 Å². The van der Waals surface area contributed by atoms with E-state index in [1.165, 1.54) is 65.9 Å². The van der Waals surface area contributed by atoms with Crippen LogP contribution < -0.4 is 0 Å². The van der Waals surface area contributed by atoms with E-state index in [2.05, 4.69) is 234 Å². The van der Waals surface area contributed by atoms with Gasteiger partial charge in [0.1, 0.15) is 0 Å². The molecule has 12 rings (SSSR count). The predicted octanol–water partition coefficient (Wildman–Crippen LogP) is 15.6. The Morgan fingerprint density at radius 2 is 0.661 bits per heavy atom. The summed E-state index contributed by atoms with van der Waals surface area (Å²) < 4.78 is 4.81. The van der Waals surface area contributed by atoms with Crippen molar-refractivity contribution in [2.24, 2.45) is 0 Å². The zero-order valence-electron chi connectivity index (χ0n) is 33.9. The fourth-order valence-electron chi connectivity index (χ4n) is 9.35. The molecule has 3 heterocycles. The Hall–Kier alpha value is -8.27. The Labute approximate surface area is 360 Å². The van der Waals surface area contributed by atoms with Gasteiger partial charge >= 0.3 is 0 Å². The Morgan fingerprint density at radius 3 is 1.34 bits per heavy atom. The summed E-state index contributed by atoms with van der Waals surface area (Å²) in [5.41, 5.74) is 18.2. The fourth-order valence-corrected chi connectivity index (χ4v) is 9.35. The number of nitrogens with zero attached hydrogens (tertiary/aromatic N) is 3. The lowest BCUT2D eigenvalue weighted by Crippen LogP contribution is -1.95. The summed E-state index contributed by atoms with van der Waals surface area (Å²) >= 11 is 0. The summed E-state index contributed by atoms with van der Waals surface area (Å²) in [5.74, 6) is 0. The van der Waals surface area contributed by atoms with E-state index in [0.717, 1.165) is 45.0 Å². The summed E-state index contributed by atoms with van der Waals surface area (Å²) in [4.78, 5) is 5.12. The van der Waals surface area contributed by atoms with Crippen molar-refractivity contribution in [2.45, 2.75) is 0 Å². The Morgan fingerprint density at radius 1 is 0.226 bits per heavy atom. The number of para-hydroxylation sites is 3. The van der Waals surface area contributed by atoms with Gasteiger partial charge in [-0.25, -0.2) is 4.98 Å². The minimum absolute atomic E-state index is 0.960. The topological polar surface area (TPSA) is 22.8 Å². The molecule has 0 aliphatic rings. The molecule has 9 aromatic carbocycles. The average molecular weight is 790 g/mol. The Bertz CT molecular complexity index is 3560. The van der Waals surface area contributed by atoms with E-state index >= 15 is 0 Å². The van der Waals surface area contributed by atoms with Crippen LogP contribution in [0, 0.1) is 0 Å². The molecular weight excluding hydrogens is 751 g/mol. The number of benzene rings is 9. The summed E-state index contributed by atoms with van der Waals surface area (Å²) in [6.45, 7) is 0. The molecule has 0 aliphatic heterocycles. The van der Waals surface area contributed by atoms with Crippen LogP contribution in [-0.2, 0) is 0 Å². The van der Waals surface area contributed by atoms with Gasteiger partial charge in [-0.1, -0.05) is 164 Å². The highest BCUT2D eigenvalue weighted by atomic mass is 15.0. The second-order valence-electron chi connectivity index (χ2n) is 16.0. The second-order valence-corrected chi connectivity index (χ2v) is 16.0. The first-order chi connectivity index (χ1) is 30.7. The lowest BCUT2D eigenvalue weighted by molar-refractivity contribution is 1.18. The van der Waals surface area contributed by atoms with E-state index in [1.807, 2.05) is 12.1 Å². The predicted molar refractivity (Wildman–Crippen MR) is 260 cm³/mol. The second kappa shape index (κ2) is 14.8. The molecule has 3 aromatic heterocycles. The van der Waals surface area contributed by atoms with E-state index in [0.29, 0.717) is 0 Å². The summed E-state index contributed by atoms with van der Waals surface area (Å²) in [6.07, 6.45) is 0. The van der Waals surface area contributed by atoms with Crippen molar-refractivity contribution in [2.75, 3.05) is 0 Å². The number of fused-ring (bicyclic) bond motifs is 6. The third-order valence-electron chi connectivity index (χ3n) is 12.3. The van der Waals surface area contributed by atoms with Gasteiger partial charge in [-0.2, -0.15) is 0 Å². The number of rotatable bonds is 7. The molecule has 0 atom stereocenters. The first kappa shape index (κ1) is 35.7. The number of pyridine rings is 1. The van der Waals surface area contributed by atoms with Crippen molar-refractivity contribution in [1.82, 2.24) is 14.1 Å². The van der Waals surface area contributed by atoms with Crippen LogP contribution in [-0.4, -0.2) is 14.1 Å². The number of aromatic nitrogens is 3. The van der Waals surface area contributed by atoms with Crippen molar-refractivity contribution in [3.63, 3.8) is 0 Å². The molecule has 0 bridgehead atoms. The molecule has 3 heteroatoms. The van der Waals surface area contributed by atoms with E-state index in [9.17, 15) is 0 Å². The largest absolute Gasteiger partial charge is 0.309 e. The highest BCUT2D eigenvalue weighted by molar-refractivity contribution is 6.11. The van der Waals surface area contributed by atoms with Crippen LogP contribution in [0.4, 0.5) is 0 Å². The molecule has 0 aliphatic carbocycles. The molecule has 0 unspecified atom stereocenters. The number of hydrogen-bond acceptors (Lipinski definition) is 1. The van der Waals surface area contributed by atoms with Crippen molar-refractivity contribution in [3.05, 3.63) is 237 Å². The molecule has 0 saturated heterocycles. The number of hydrogen-bond donors (Lipinski definition) is 0. The maximum atomic E-state index is 5.12.